The molecule has 0 atom stereocenters. The Morgan fingerprint density at radius 3 is 2.62 bits per heavy atom. The minimum absolute atomic E-state index is 0.302. The maximum atomic E-state index is 11.1. The van der Waals surface area contributed by atoms with Crippen molar-refractivity contribution < 1.29 is 0 Å². The number of para-hydroxylation sites is 1. The highest BCUT2D eigenvalue weighted by atomic mass is 32.1. The van der Waals surface area contributed by atoms with Gasteiger partial charge in [-0.25, -0.2) is 4.99 Å². The van der Waals surface area contributed by atoms with E-state index >= 15 is 0 Å². The van der Waals surface area contributed by atoms with E-state index in [1.807, 2.05) is 32.0 Å². The first-order valence-electron chi connectivity index (χ1n) is 4.80. The van der Waals surface area contributed by atoms with Crippen LogP contribution in [0.5, 0.6) is 0 Å². The van der Waals surface area contributed by atoms with Crippen LogP contribution in [0.15, 0.2) is 28.0 Å². The summed E-state index contributed by atoms with van der Waals surface area (Å²) in [4.78, 5) is 18.6. The molecule has 0 aliphatic heterocycles. The molecule has 0 aliphatic carbocycles. The standard InChI is InChI=1S/C12H10N2OS/c1-8-4-3-5-9(2)11(8)14-12-13-10(15)6-7-16-12/h3-5H,1-2H3,(H,13,14,15). The summed E-state index contributed by atoms with van der Waals surface area (Å²) in [6, 6.07) is 8.38. The van der Waals surface area contributed by atoms with E-state index in [1.165, 1.54) is 11.3 Å². The van der Waals surface area contributed by atoms with Gasteiger partial charge in [-0.1, -0.05) is 18.2 Å². The van der Waals surface area contributed by atoms with Crippen LogP contribution in [0.1, 0.15) is 11.1 Å². The molecule has 0 spiro atoms. The molecule has 4 heteroatoms. The number of aromatic amines is 1. The zero-order valence-electron chi connectivity index (χ0n) is 9.00. The molecule has 0 radical (unpaired) electrons. The smallest absolute Gasteiger partial charge is 0.290 e. The number of aromatic nitrogens is 1. The maximum Gasteiger partial charge on any atom is 0.303 e. The van der Waals surface area contributed by atoms with Crippen molar-refractivity contribution in [3.05, 3.63) is 55.9 Å². The van der Waals surface area contributed by atoms with Crippen molar-refractivity contribution in [3.8, 4) is 0 Å². The van der Waals surface area contributed by atoms with E-state index in [0.29, 0.717) is 4.80 Å². The third-order valence-electron chi connectivity index (χ3n) is 2.19. The number of hydrogen-bond acceptors (Lipinski definition) is 3. The molecule has 0 aliphatic rings. The third kappa shape index (κ3) is 2.20. The fourth-order valence-corrected chi connectivity index (χ4v) is 1.93. The predicted octanol–water partition coefficient (Wildman–Crippen LogP) is 1.89. The maximum absolute atomic E-state index is 11.1. The molecule has 0 unspecified atom stereocenters. The second-order valence-corrected chi connectivity index (χ2v) is 4.24. The van der Waals surface area contributed by atoms with Crippen LogP contribution in [0.25, 0.3) is 0 Å². The summed E-state index contributed by atoms with van der Waals surface area (Å²) >= 11 is 1.24. The summed E-state index contributed by atoms with van der Waals surface area (Å²) < 4.78 is 0. The molecule has 0 fully saturated rings. The molecule has 0 saturated heterocycles. The van der Waals surface area contributed by atoms with Gasteiger partial charge in [0, 0.05) is 11.4 Å². The predicted molar refractivity (Wildman–Crippen MR) is 63.8 cm³/mol. The Morgan fingerprint density at radius 1 is 1.31 bits per heavy atom. The molecule has 0 saturated carbocycles. The van der Waals surface area contributed by atoms with Gasteiger partial charge in [0.15, 0.2) is 4.80 Å². The Kier molecular flexibility index (Phi) is 2.88. The number of H-pyrrole nitrogens is 1. The summed E-state index contributed by atoms with van der Waals surface area (Å²) in [5, 5.41) is 2.67. The first-order chi connectivity index (χ1) is 7.66. The van der Waals surface area contributed by atoms with Crippen molar-refractivity contribution >= 4 is 17.0 Å². The molecule has 1 heterocycles. The SMILES string of the molecule is Cc1cccc(C)c1N=c1[nH]c(=O)c#cs1. The van der Waals surface area contributed by atoms with Gasteiger partial charge in [0.25, 0.3) is 0 Å². The van der Waals surface area contributed by atoms with Gasteiger partial charge in [-0.3, -0.25) is 9.78 Å². The lowest BCUT2D eigenvalue weighted by Crippen LogP contribution is -2.13. The normalized spacial score (nSPS) is 11.2. The molecule has 1 aromatic carbocycles. The Hall–Kier alpha value is -1.86. The van der Waals surface area contributed by atoms with Crippen molar-refractivity contribution in [2.45, 2.75) is 13.8 Å². The van der Waals surface area contributed by atoms with E-state index in [4.69, 9.17) is 0 Å². The molecule has 80 valence electrons. The van der Waals surface area contributed by atoms with Crippen LogP contribution in [-0.4, -0.2) is 4.98 Å². The van der Waals surface area contributed by atoms with Crippen LogP contribution >= 0.6 is 11.3 Å². The largest absolute Gasteiger partial charge is 0.303 e. The van der Waals surface area contributed by atoms with E-state index in [2.05, 4.69) is 21.4 Å². The van der Waals surface area contributed by atoms with Gasteiger partial charge in [-0.2, -0.15) is 0 Å². The van der Waals surface area contributed by atoms with Crippen LogP contribution in [0, 0.1) is 25.3 Å². The topological polar surface area (TPSA) is 45.2 Å². The van der Waals surface area contributed by atoms with Crippen molar-refractivity contribution in [1.29, 1.82) is 0 Å². The number of rotatable bonds is 1. The average molecular weight is 230 g/mol. The van der Waals surface area contributed by atoms with E-state index in [-0.39, 0.29) is 5.56 Å². The van der Waals surface area contributed by atoms with Gasteiger partial charge in [0.1, 0.15) is 0 Å². The second kappa shape index (κ2) is 4.33. The van der Waals surface area contributed by atoms with Gasteiger partial charge >= 0.3 is 5.56 Å². The Bertz CT molecular complexity index is 605. The Balaban J connectivity index is 2.64. The average Bonchev–Trinajstić information content (AvgIpc) is 2.24. The fourth-order valence-electron chi connectivity index (χ4n) is 1.41. The highest BCUT2D eigenvalue weighted by molar-refractivity contribution is 7.05. The van der Waals surface area contributed by atoms with Crippen LogP contribution in [0.3, 0.4) is 0 Å². The molecule has 0 bridgehead atoms. The van der Waals surface area contributed by atoms with Crippen molar-refractivity contribution in [2.75, 3.05) is 0 Å². The monoisotopic (exact) mass is 230 g/mol. The van der Waals surface area contributed by atoms with E-state index in [1.54, 1.807) is 0 Å². The van der Waals surface area contributed by atoms with E-state index in [9.17, 15) is 4.79 Å². The zero-order valence-corrected chi connectivity index (χ0v) is 9.81. The molecule has 2 aromatic rings. The van der Waals surface area contributed by atoms with Gasteiger partial charge in [-0.05, 0) is 36.3 Å². The van der Waals surface area contributed by atoms with Gasteiger partial charge < -0.3 is 0 Å². The molecule has 16 heavy (non-hydrogen) atoms. The Morgan fingerprint density at radius 2 is 2.00 bits per heavy atom. The summed E-state index contributed by atoms with van der Waals surface area (Å²) in [5.41, 5.74) is 2.76. The lowest BCUT2D eigenvalue weighted by molar-refractivity contribution is 1.15. The lowest BCUT2D eigenvalue weighted by atomic mass is 10.1. The van der Waals surface area contributed by atoms with Gasteiger partial charge in [0.2, 0.25) is 0 Å². The molecular weight excluding hydrogens is 220 g/mol. The number of aryl methyl sites for hydroxylation is 2. The molecule has 3 nitrogen and oxygen atoms in total. The highest BCUT2D eigenvalue weighted by Gasteiger charge is 1.99. The van der Waals surface area contributed by atoms with Gasteiger partial charge in [-0.15, -0.1) is 0 Å². The minimum Gasteiger partial charge on any atom is -0.290 e. The van der Waals surface area contributed by atoms with Crippen LogP contribution in [0.2, 0.25) is 0 Å². The number of nitrogens with zero attached hydrogens (tertiary/aromatic N) is 1. The molecule has 1 aromatic heterocycles. The Labute approximate surface area is 97.1 Å². The first-order valence-corrected chi connectivity index (χ1v) is 5.62. The molecule has 1 N–H and O–H groups in total. The quantitative estimate of drug-likeness (QED) is 0.798. The molecule has 0 amide bonds. The van der Waals surface area contributed by atoms with Crippen LogP contribution in [-0.2, 0) is 0 Å². The minimum atomic E-state index is -0.302. The summed E-state index contributed by atoms with van der Waals surface area (Å²) in [6.07, 6.45) is 0. The van der Waals surface area contributed by atoms with Crippen molar-refractivity contribution in [3.63, 3.8) is 0 Å². The number of hydrogen-bond donors (Lipinski definition) is 1. The zero-order chi connectivity index (χ0) is 11.5. The highest BCUT2D eigenvalue weighted by Crippen LogP contribution is 2.21. The lowest BCUT2D eigenvalue weighted by Gasteiger charge is -2.02. The first kappa shape index (κ1) is 10.7. The van der Waals surface area contributed by atoms with Crippen LogP contribution in [0.4, 0.5) is 5.69 Å². The van der Waals surface area contributed by atoms with Crippen molar-refractivity contribution in [2.24, 2.45) is 4.99 Å². The number of benzene rings is 1. The molecule has 2 rings (SSSR count). The van der Waals surface area contributed by atoms with E-state index < -0.39 is 0 Å². The third-order valence-corrected chi connectivity index (χ3v) is 2.78. The summed E-state index contributed by atoms with van der Waals surface area (Å²) in [5.74, 6) is 0. The van der Waals surface area contributed by atoms with E-state index in [0.717, 1.165) is 16.8 Å². The fraction of sp³-hybridized carbons (Fsp3) is 0.167. The summed E-state index contributed by atoms with van der Waals surface area (Å²) in [7, 11) is 0. The summed E-state index contributed by atoms with van der Waals surface area (Å²) in [6.45, 7) is 3.99. The van der Waals surface area contributed by atoms with Crippen LogP contribution < -0.4 is 10.4 Å². The number of nitrogens with one attached hydrogen (secondary N) is 1. The van der Waals surface area contributed by atoms with Gasteiger partial charge in [0.05, 0.1) is 5.69 Å². The second-order valence-electron chi connectivity index (χ2n) is 3.44. The van der Waals surface area contributed by atoms with Crippen molar-refractivity contribution in [1.82, 2.24) is 4.98 Å². The molecular formula is C12H10N2OS.